The normalized spacial score (nSPS) is 15.3. The summed E-state index contributed by atoms with van der Waals surface area (Å²) in [5, 5.41) is 10.7. The fraction of sp³-hybridized carbons (Fsp3) is 0.462. The fourth-order valence-electron chi connectivity index (χ4n) is 2.21. The average molecular weight is 374 g/mol. The molecule has 1 aliphatic rings. The van der Waals surface area contributed by atoms with Crippen molar-refractivity contribution in [2.24, 2.45) is 0 Å². The van der Waals surface area contributed by atoms with Gasteiger partial charge in [-0.2, -0.15) is 0 Å². The van der Waals surface area contributed by atoms with Crippen LogP contribution < -0.4 is 0 Å². The van der Waals surface area contributed by atoms with Gasteiger partial charge in [-0.3, -0.25) is 14.9 Å². The number of hydrogen-bond acceptors (Lipinski definition) is 3. The van der Waals surface area contributed by atoms with E-state index in [1.807, 2.05) is 27.5 Å². The van der Waals surface area contributed by atoms with Crippen molar-refractivity contribution in [1.82, 2.24) is 4.90 Å². The molecular formula is C13H15IN2O3. The first-order valence-electron chi connectivity index (χ1n) is 6.28. The van der Waals surface area contributed by atoms with Crippen molar-refractivity contribution in [3.8, 4) is 0 Å². The standard InChI is InChI=1S/C13H15IN2O3/c14-12-9-11(16(18)19)5-4-10(12)8-13(17)15-6-2-1-3-7-15/h4-5,9H,1-3,6-8H2. The Morgan fingerprint density at radius 1 is 1.32 bits per heavy atom. The lowest BCUT2D eigenvalue weighted by Crippen LogP contribution is -2.36. The Hall–Kier alpha value is -1.18. The van der Waals surface area contributed by atoms with E-state index in [0.29, 0.717) is 6.42 Å². The molecule has 1 saturated heterocycles. The molecule has 1 aliphatic heterocycles. The van der Waals surface area contributed by atoms with Gasteiger partial charge in [-0.05, 0) is 47.4 Å². The number of carbonyl (C=O) groups excluding carboxylic acids is 1. The number of likely N-dealkylation sites (tertiary alicyclic amines) is 1. The highest BCUT2D eigenvalue weighted by atomic mass is 127. The molecule has 2 rings (SSSR count). The predicted molar refractivity (Wildman–Crippen MR) is 79.9 cm³/mol. The zero-order valence-electron chi connectivity index (χ0n) is 10.5. The minimum absolute atomic E-state index is 0.0681. The molecule has 5 nitrogen and oxygen atoms in total. The van der Waals surface area contributed by atoms with Crippen molar-refractivity contribution < 1.29 is 9.72 Å². The number of amides is 1. The van der Waals surface area contributed by atoms with Gasteiger partial charge in [-0.15, -0.1) is 0 Å². The first kappa shape index (κ1) is 14.2. The number of carbonyl (C=O) groups is 1. The molecule has 1 aromatic rings. The van der Waals surface area contributed by atoms with Crippen molar-refractivity contribution in [3.05, 3.63) is 37.4 Å². The van der Waals surface area contributed by atoms with Crippen LogP contribution in [0.4, 0.5) is 5.69 Å². The smallest absolute Gasteiger partial charge is 0.270 e. The molecular weight excluding hydrogens is 359 g/mol. The van der Waals surface area contributed by atoms with E-state index >= 15 is 0 Å². The van der Waals surface area contributed by atoms with Crippen LogP contribution >= 0.6 is 22.6 Å². The van der Waals surface area contributed by atoms with Crippen molar-refractivity contribution in [2.45, 2.75) is 25.7 Å². The van der Waals surface area contributed by atoms with Gasteiger partial charge in [0.15, 0.2) is 0 Å². The monoisotopic (exact) mass is 374 g/mol. The lowest BCUT2D eigenvalue weighted by molar-refractivity contribution is -0.385. The van der Waals surface area contributed by atoms with Crippen LogP contribution in [-0.2, 0) is 11.2 Å². The summed E-state index contributed by atoms with van der Waals surface area (Å²) in [4.78, 5) is 24.3. The molecule has 0 bridgehead atoms. The topological polar surface area (TPSA) is 63.4 Å². The van der Waals surface area contributed by atoms with Crippen LogP contribution in [0.25, 0.3) is 0 Å². The van der Waals surface area contributed by atoms with Gasteiger partial charge in [0.25, 0.3) is 5.69 Å². The lowest BCUT2D eigenvalue weighted by Gasteiger charge is -2.26. The molecule has 1 fully saturated rings. The number of nitro benzene ring substituents is 1. The van der Waals surface area contributed by atoms with E-state index in [0.717, 1.165) is 35.1 Å². The van der Waals surface area contributed by atoms with E-state index in [-0.39, 0.29) is 11.6 Å². The molecule has 0 atom stereocenters. The van der Waals surface area contributed by atoms with Crippen LogP contribution in [0.5, 0.6) is 0 Å². The summed E-state index contributed by atoms with van der Waals surface area (Å²) in [5.41, 5.74) is 0.931. The molecule has 0 N–H and O–H groups in total. The highest BCUT2D eigenvalue weighted by Crippen LogP contribution is 2.21. The summed E-state index contributed by atoms with van der Waals surface area (Å²) in [7, 11) is 0. The van der Waals surface area contributed by atoms with Crippen LogP contribution in [0.2, 0.25) is 0 Å². The fourth-order valence-corrected chi connectivity index (χ4v) is 2.90. The number of nitro groups is 1. The Labute approximate surface area is 125 Å². The third-order valence-electron chi connectivity index (χ3n) is 3.30. The summed E-state index contributed by atoms with van der Waals surface area (Å²) >= 11 is 2.05. The quantitative estimate of drug-likeness (QED) is 0.464. The van der Waals surface area contributed by atoms with E-state index in [9.17, 15) is 14.9 Å². The zero-order valence-corrected chi connectivity index (χ0v) is 12.6. The van der Waals surface area contributed by atoms with Gasteiger partial charge in [-0.1, -0.05) is 6.07 Å². The molecule has 1 aromatic carbocycles. The third-order valence-corrected chi connectivity index (χ3v) is 4.30. The molecule has 0 aromatic heterocycles. The Kier molecular flexibility index (Phi) is 4.73. The molecule has 0 aliphatic carbocycles. The van der Waals surface area contributed by atoms with Gasteiger partial charge in [0.2, 0.25) is 5.91 Å². The summed E-state index contributed by atoms with van der Waals surface area (Å²) in [6.07, 6.45) is 3.67. The van der Waals surface area contributed by atoms with Gasteiger partial charge in [0.1, 0.15) is 0 Å². The van der Waals surface area contributed by atoms with E-state index < -0.39 is 4.92 Å². The number of rotatable bonds is 3. The largest absolute Gasteiger partial charge is 0.342 e. The predicted octanol–water partition coefficient (Wildman–Crippen LogP) is 2.75. The highest BCUT2D eigenvalue weighted by Gasteiger charge is 2.18. The third kappa shape index (κ3) is 3.65. The zero-order chi connectivity index (χ0) is 13.8. The first-order chi connectivity index (χ1) is 9.08. The molecule has 19 heavy (non-hydrogen) atoms. The van der Waals surface area contributed by atoms with Crippen molar-refractivity contribution in [2.75, 3.05) is 13.1 Å². The molecule has 1 heterocycles. The van der Waals surface area contributed by atoms with Gasteiger partial charge in [-0.25, -0.2) is 0 Å². The Morgan fingerprint density at radius 3 is 2.58 bits per heavy atom. The number of non-ortho nitro benzene ring substituents is 1. The van der Waals surface area contributed by atoms with Crippen LogP contribution in [0.15, 0.2) is 18.2 Å². The molecule has 0 saturated carbocycles. The van der Waals surface area contributed by atoms with E-state index in [1.54, 1.807) is 6.07 Å². The first-order valence-corrected chi connectivity index (χ1v) is 7.36. The molecule has 0 unspecified atom stereocenters. The maximum atomic E-state index is 12.1. The molecule has 102 valence electrons. The molecule has 0 radical (unpaired) electrons. The number of piperidine rings is 1. The molecule has 6 heteroatoms. The van der Waals surface area contributed by atoms with Gasteiger partial charge >= 0.3 is 0 Å². The van der Waals surface area contributed by atoms with Gasteiger partial charge in [0.05, 0.1) is 11.3 Å². The minimum Gasteiger partial charge on any atom is -0.342 e. The second-order valence-electron chi connectivity index (χ2n) is 4.65. The summed E-state index contributed by atoms with van der Waals surface area (Å²) < 4.78 is 0.775. The number of hydrogen-bond donors (Lipinski definition) is 0. The number of nitrogens with zero attached hydrogens (tertiary/aromatic N) is 2. The summed E-state index contributed by atoms with van der Waals surface area (Å²) in [6, 6.07) is 4.65. The van der Waals surface area contributed by atoms with Crippen molar-refractivity contribution >= 4 is 34.2 Å². The molecule has 0 spiro atoms. The molecule has 1 amide bonds. The number of benzene rings is 1. The Balaban J connectivity index is 2.06. The Morgan fingerprint density at radius 2 is 2.00 bits per heavy atom. The van der Waals surface area contributed by atoms with Gasteiger partial charge < -0.3 is 4.90 Å². The van der Waals surface area contributed by atoms with E-state index in [4.69, 9.17) is 0 Å². The second-order valence-corrected chi connectivity index (χ2v) is 5.81. The van der Waals surface area contributed by atoms with Crippen molar-refractivity contribution in [3.63, 3.8) is 0 Å². The number of halogens is 1. The van der Waals surface area contributed by atoms with Gasteiger partial charge in [0, 0.05) is 28.8 Å². The van der Waals surface area contributed by atoms with Crippen molar-refractivity contribution in [1.29, 1.82) is 0 Å². The summed E-state index contributed by atoms with van der Waals surface area (Å²) in [5.74, 6) is 0.117. The average Bonchev–Trinajstić information content (AvgIpc) is 2.41. The van der Waals surface area contributed by atoms with Crippen LogP contribution in [-0.4, -0.2) is 28.8 Å². The lowest BCUT2D eigenvalue weighted by atomic mass is 10.1. The maximum absolute atomic E-state index is 12.1. The van der Waals surface area contributed by atoms with Crippen LogP contribution in [0, 0.1) is 13.7 Å². The minimum atomic E-state index is -0.418. The van der Waals surface area contributed by atoms with Crippen LogP contribution in [0.1, 0.15) is 24.8 Å². The van der Waals surface area contributed by atoms with E-state index in [1.165, 1.54) is 18.6 Å². The second kappa shape index (κ2) is 6.31. The maximum Gasteiger partial charge on any atom is 0.270 e. The SMILES string of the molecule is O=C(Cc1ccc([N+](=O)[O-])cc1I)N1CCCCC1. The summed E-state index contributed by atoms with van der Waals surface area (Å²) in [6.45, 7) is 1.67. The van der Waals surface area contributed by atoms with E-state index in [2.05, 4.69) is 0 Å². The highest BCUT2D eigenvalue weighted by molar-refractivity contribution is 14.1. The van der Waals surface area contributed by atoms with Crippen LogP contribution in [0.3, 0.4) is 0 Å². The Bertz CT molecular complexity index is 499.